The minimum atomic E-state index is 0.183. The standard InChI is InChI=1S/C12H18ClN3O/c1-2-10(7-12(14)16-17)15-8-9-5-3-4-6-11(9)13/h3-6,10,15,17H,2,7-8H2,1H3,(H2,14,16). The van der Waals surface area contributed by atoms with Crippen molar-refractivity contribution in [1.29, 1.82) is 0 Å². The summed E-state index contributed by atoms with van der Waals surface area (Å²) in [7, 11) is 0. The normalized spacial score (nSPS) is 13.6. The van der Waals surface area contributed by atoms with Gasteiger partial charge in [-0.05, 0) is 18.1 Å². The van der Waals surface area contributed by atoms with E-state index in [1.165, 1.54) is 0 Å². The highest BCUT2D eigenvalue weighted by molar-refractivity contribution is 6.31. The van der Waals surface area contributed by atoms with E-state index in [1.807, 2.05) is 24.3 Å². The zero-order valence-corrected chi connectivity index (χ0v) is 10.6. The summed E-state index contributed by atoms with van der Waals surface area (Å²) in [6, 6.07) is 7.88. The van der Waals surface area contributed by atoms with Crippen molar-refractivity contribution in [2.45, 2.75) is 32.4 Å². The molecule has 0 saturated carbocycles. The molecule has 0 saturated heterocycles. The third-order valence-electron chi connectivity index (χ3n) is 2.62. The minimum Gasteiger partial charge on any atom is -0.409 e. The molecular weight excluding hydrogens is 238 g/mol. The molecule has 94 valence electrons. The average molecular weight is 256 g/mol. The number of hydrogen-bond acceptors (Lipinski definition) is 3. The van der Waals surface area contributed by atoms with Crippen LogP contribution < -0.4 is 11.1 Å². The predicted molar refractivity (Wildman–Crippen MR) is 70.4 cm³/mol. The summed E-state index contributed by atoms with van der Waals surface area (Å²) in [5.74, 6) is 0.239. The van der Waals surface area contributed by atoms with E-state index in [0.29, 0.717) is 13.0 Å². The molecule has 0 aromatic heterocycles. The van der Waals surface area contributed by atoms with Gasteiger partial charge in [0, 0.05) is 24.0 Å². The Morgan fingerprint density at radius 2 is 2.24 bits per heavy atom. The van der Waals surface area contributed by atoms with E-state index in [9.17, 15) is 0 Å². The Balaban J connectivity index is 2.51. The fourth-order valence-electron chi connectivity index (χ4n) is 1.55. The molecule has 4 nitrogen and oxygen atoms in total. The van der Waals surface area contributed by atoms with Crippen LogP contribution in [0.5, 0.6) is 0 Å². The van der Waals surface area contributed by atoms with Crippen molar-refractivity contribution in [1.82, 2.24) is 5.32 Å². The molecule has 5 heteroatoms. The molecule has 0 aliphatic heterocycles. The molecule has 0 bridgehead atoms. The van der Waals surface area contributed by atoms with Gasteiger partial charge >= 0.3 is 0 Å². The average Bonchev–Trinajstić information content (AvgIpc) is 2.35. The quantitative estimate of drug-likeness (QED) is 0.316. The molecule has 0 amide bonds. The van der Waals surface area contributed by atoms with Gasteiger partial charge in [-0.15, -0.1) is 0 Å². The predicted octanol–water partition coefficient (Wildman–Crippen LogP) is 2.34. The van der Waals surface area contributed by atoms with Gasteiger partial charge in [0.1, 0.15) is 5.84 Å². The molecule has 0 aliphatic carbocycles. The molecule has 1 aromatic carbocycles. The molecule has 1 atom stereocenters. The first kappa shape index (κ1) is 13.8. The molecule has 0 heterocycles. The van der Waals surface area contributed by atoms with Gasteiger partial charge < -0.3 is 16.3 Å². The van der Waals surface area contributed by atoms with Crippen LogP contribution >= 0.6 is 11.6 Å². The Kier molecular flexibility index (Phi) is 5.80. The van der Waals surface area contributed by atoms with Crippen molar-refractivity contribution >= 4 is 17.4 Å². The van der Waals surface area contributed by atoms with E-state index < -0.39 is 0 Å². The lowest BCUT2D eigenvalue weighted by Crippen LogP contribution is -2.32. The van der Waals surface area contributed by atoms with E-state index >= 15 is 0 Å². The third-order valence-corrected chi connectivity index (χ3v) is 2.98. The topological polar surface area (TPSA) is 70.6 Å². The van der Waals surface area contributed by atoms with Gasteiger partial charge in [-0.3, -0.25) is 0 Å². The number of benzene rings is 1. The number of nitrogens with one attached hydrogen (secondary N) is 1. The number of nitrogens with two attached hydrogens (primary N) is 1. The fourth-order valence-corrected chi connectivity index (χ4v) is 1.75. The third kappa shape index (κ3) is 4.63. The molecular formula is C12H18ClN3O. The second-order valence-corrected chi connectivity index (χ2v) is 4.28. The Labute approximate surface area is 106 Å². The van der Waals surface area contributed by atoms with Crippen LogP contribution in [-0.2, 0) is 6.54 Å². The van der Waals surface area contributed by atoms with Crippen molar-refractivity contribution < 1.29 is 5.21 Å². The molecule has 1 rings (SSSR count). The summed E-state index contributed by atoms with van der Waals surface area (Å²) in [6.07, 6.45) is 1.43. The smallest absolute Gasteiger partial charge is 0.140 e. The highest BCUT2D eigenvalue weighted by Crippen LogP contribution is 2.14. The van der Waals surface area contributed by atoms with E-state index in [1.54, 1.807) is 0 Å². The molecule has 1 aromatic rings. The summed E-state index contributed by atoms with van der Waals surface area (Å²) in [5.41, 5.74) is 6.53. The number of halogens is 1. The largest absolute Gasteiger partial charge is 0.409 e. The van der Waals surface area contributed by atoms with Gasteiger partial charge in [0.25, 0.3) is 0 Å². The molecule has 0 aliphatic rings. The maximum Gasteiger partial charge on any atom is 0.140 e. The van der Waals surface area contributed by atoms with Crippen molar-refractivity contribution in [3.05, 3.63) is 34.9 Å². The van der Waals surface area contributed by atoms with Gasteiger partial charge in [-0.25, -0.2) is 0 Å². The number of amidine groups is 1. The van der Waals surface area contributed by atoms with Crippen LogP contribution in [0.25, 0.3) is 0 Å². The molecule has 1 unspecified atom stereocenters. The zero-order chi connectivity index (χ0) is 12.7. The van der Waals surface area contributed by atoms with E-state index in [-0.39, 0.29) is 11.9 Å². The maximum absolute atomic E-state index is 8.52. The van der Waals surface area contributed by atoms with Crippen molar-refractivity contribution in [2.75, 3.05) is 0 Å². The lowest BCUT2D eigenvalue weighted by atomic mass is 10.1. The highest BCUT2D eigenvalue weighted by atomic mass is 35.5. The van der Waals surface area contributed by atoms with Gasteiger partial charge in [-0.1, -0.05) is 41.9 Å². The summed E-state index contributed by atoms with van der Waals surface area (Å²) in [6.45, 7) is 2.73. The molecule has 17 heavy (non-hydrogen) atoms. The van der Waals surface area contributed by atoms with Crippen LogP contribution in [0.4, 0.5) is 0 Å². The Morgan fingerprint density at radius 3 is 2.82 bits per heavy atom. The second-order valence-electron chi connectivity index (χ2n) is 3.87. The van der Waals surface area contributed by atoms with E-state index in [4.69, 9.17) is 22.5 Å². The molecule has 0 spiro atoms. The van der Waals surface area contributed by atoms with E-state index in [0.717, 1.165) is 17.0 Å². The SMILES string of the molecule is CCC(CC(N)=NO)NCc1ccccc1Cl. The monoisotopic (exact) mass is 255 g/mol. The maximum atomic E-state index is 8.52. The van der Waals surface area contributed by atoms with Crippen molar-refractivity contribution in [3.63, 3.8) is 0 Å². The lowest BCUT2D eigenvalue weighted by molar-refractivity contribution is 0.315. The summed E-state index contributed by atoms with van der Waals surface area (Å²) in [5, 5.41) is 15.6. The lowest BCUT2D eigenvalue weighted by Gasteiger charge is -2.16. The van der Waals surface area contributed by atoms with Gasteiger partial charge in [0.15, 0.2) is 0 Å². The Bertz CT molecular complexity index is 382. The van der Waals surface area contributed by atoms with Crippen LogP contribution in [0.1, 0.15) is 25.3 Å². The Hall–Kier alpha value is -1.26. The van der Waals surface area contributed by atoms with Crippen LogP contribution in [0, 0.1) is 0 Å². The van der Waals surface area contributed by atoms with Gasteiger partial charge in [-0.2, -0.15) is 0 Å². The number of nitrogens with zero attached hydrogens (tertiary/aromatic N) is 1. The van der Waals surface area contributed by atoms with Crippen molar-refractivity contribution in [3.8, 4) is 0 Å². The number of hydrogen-bond donors (Lipinski definition) is 3. The second kappa shape index (κ2) is 7.14. The minimum absolute atomic E-state index is 0.183. The van der Waals surface area contributed by atoms with Gasteiger partial charge in [0.2, 0.25) is 0 Å². The molecule has 0 radical (unpaired) electrons. The summed E-state index contributed by atoms with van der Waals surface area (Å²) in [4.78, 5) is 0. The fraction of sp³-hybridized carbons (Fsp3) is 0.417. The highest BCUT2D eigenvalue weighted by Gasteiger charge is 2.09. The first-order valence-corrected chi connectivity index (χ1v) is 5.98. The van der Waals surface area contributed by atoms with Crippen LogP contribution in [0.3, 0.4) is 0 Å². The molecule has 0 fully saturated rings. The number of oxime groups is 1. The van der Waals surface area contributed by atoms with E-state index in [2.05, 4.69) is 17.4 Å². The summed E-state index contributed by atoms with van der Waals surface area (Å²) < 4.78 is 0. The van der Waals surface area contributed by atoms with Crippen molar-refractivity contribution in [2.24, 2.45) is 10.9 Å². The van der Waals surface area contributed by atoms with Crippen LogP contribution in [-0.4, -0.2) is 17.1 Å². The first-order chi connectivity index (χ1) is 8.17. The zero-order valence-electron chi connectivity index (χ0n) is 9.86. The Morgan fingerprint density at radius 1 is 1.53 bits per heavy atom. The molecule has 4 N–H and O–H groups in total. The van der Waals surface area contributed by atoms with Gasteiger partial charge in [0.05, 0.1) is 0 Å². The van der Waals surface area contributed by atoms with Crippen LogP contribution in [0.2, 0.25) is 5.02 Å². The van der Waals surface area contributed by atoms with Crippen LogP contribution in [0.15, 0.2) is 29.4 Å². The summed E-state index contributed by atoms with van der Waals surface area (Å²) >= 11 is 6.06. The first-order valence-electron chi connectivity index (χ1n) is 5.60. The number of rotatable bonds is 6.